The molecule has 0 saturated carbocycles. The van der Waals surface area contributed by atoms with Crippen LogP contribution >= 0.6 is 11.3 Å². The molecule has 0 unspecified atom stereocenters. The zero-order valence-corrected chi connectivity index (χ0v) is 19.0. The van der Waals surface area contributed by atoms with Gasteiger partial charge in [-0.3, -0.25) is 9.59 Å². The summed E-state index contributed by atoms with van der Waals surface area (Å²) in [5.74, 6) is 1.47. The van der Waals surface area contributed by atoms with E-state index in [9.17, 15) is 9.59 Å². The van der Waals surface area contributed by atoms with Gasteiger partial charge in [-0.15, -0.1) is 0 Å². The first kappa shape index (κ1) is 21.7. The number of carbonyl (C=O) groups is 2. The summed E-state index contributed by atoms with van der Waals surface area (Å²) in [6, 6.07) is 19.7. The fourth-order valence-electron chi connectivity index (χ4n) is 3.51. The normalized spacial score (nSPS) is 13.0. The van der Waals surface area contributed by atoms with E-state index in [0.717, 1.165) is 4.70 Å². The summed E-state index contributed by atoms with van der Waals surface area (Å²) >= 11 is 1.28. The van der Waals surface area contributed by atoms with E-state index in [-0.39, 0.29) is 6.54 Å². The van der Waals surface area contributed by atoms with Crippen molar-refractivity contribution in [1.82, 2.24) is 4.57 Å². The van der Waals surface area contributed by atoms with Gasteiger partial charge < -0.3 is 23.5 Å². The molecular formula is C25H20N2O6S. The Kier molecular flexibility index (Phi) is 6.01. The number of fused-ring (bicyclic) bond motifs is 2. The van der Waals surface area contributed by atoms with Crippen molar-refractivity contribution in [3.05, 3.63) is 77.1 Å². The summed E-state index contributed by atoms with van der Waals surface area (Å²) in [5.41, 5.74) is 1.06. The summed E-state index contributed by atoms with van der Waals surface area (Å²) in [7, 11) is 1.32. The van der Waals surface area contributed by atoms with Crippen molar-refractivity contribution in [2.24, 2.45) is 4.99 Å². The van der Waals surface area contributed by atoms with Gasteiger partial charge in [-0.1, -0.05) is 35.6 Å². The van der Waals surface area contributed by atoms with Crippen LogP contribution in [0.3, 0.4) is 0 Å². The van der Waals surface area contributed by atoms with Crippen LogP contribution < -0.4 is 19.0 Å². The number of methoxy groups -OCH3 is 1. The van der Waals surface area contributed by atoms with Crippen LogP contribution in [0.1, 0.15) is 10.4 Å². The number of esters is 1. The number of ether oxygens (including phenoxy) is 4. The Bertz CT molecular complexity index is 1440. The molecule has 5 rings (SSSR count). The van der Waals surface area contributed by atoms with E-state index in [1.807, 2.05) is 36.4 Å². The average molecular weight is 477 g/mol. The lowest BCUT2D eigenvalue weighted by molar-refractivity contribution is -0.141. The number of carbonyl (C=O) groups excluding carboxylic acids is 2. The summed E-state index contributed by atoms with van der Waals surface area (Å²) in [6.45, 7) is 0.805. The van der Waals surface area contributed by atoms with Gasteiger partial charge >= 0.3 is 5.97 Å². The average Bonchev–Trinajstić information content (AvgIpc) is 3.18. The van der Waals surface area contributed by atoms with Crippen molar-refractivity contribution in [1.29, 1.82) is 0 Å². The molecule has 2 heterocycles. The molecule has 0 bridgehead atoms. The topological polar surface area (TPSA) is 88.4 Å². The van der Waals surface area contributed by atoms with Gasteiger partial charge in [0, 0.05) is 17.7 Å². The molecule has 9 heteroatoms. The highest BCUT2D eigenvalue weighted by Crippen LogP contribution is 2.35. The number of hydrogen-bond donors (Lipinski definition) is 0. The fourth-order valence-corrected chi connectivity index (χ4v) is 4.54. The number of benzene rings is 3. The molecule has 34 heavy (non-hydrogen) atoms. The summed E-state index contributed by atoms with van der Waals surface area (Å²) in [5, 5.41) is 0. The van der Waals surface area contributed by atoms with Gasteiger partial charge in [0.2, 0.25) is 0 Å². The Morgan fingerprint density at radius 3 is 2.47 bits per heavy atom. The number of amides is 1. The number of rotatable bonds is 5. The van der Waals surface area contributed by atoms with Crippen LogP contribution in [0.2, 0.25) is 0 Å². The fraction of sp³-hybridized carbons (Fsp3) is 0.160. The van der Waals surface area contributed by atoms with Crippen LogP contribution in [0, 0.1) is 0 Å². The molecule has 0 N–H and O–H groups in total. The van der Waals surface area contributed by atoms with Gasteiger partial charge in [0.1, 0.15) is 31.3 Å². The lowest BCUT2D eigenvalue weighted by atomic mass is 10.2. The van der Waals surface area contributed by atoms with E-state index in [0.29, 0.717) is 52.1 Å². The van der Waals surface area contributed by atoms with E-state index in [2.05, 4.69) is 4.99 Å². The van der Waals surface area contributed by atoms with Gasteiger partial charge in [0.15, 0.2) is 16.3 Å². The monoisotopic (exact) mass is 476 g/mol. The lowest BCUT2D eigenvalue weighted by Crippen LogP contribution is -2.22. The van der Waals surface area contributed by atoms with Gasteiger partial charge in [0.05, 0.1) is 17.3 Å². The van der Waals surface area contributed by atoms with E-state index in [4.69, 9.17) is 18.9 Å². The largest absolute Gasteiger partial charge is 0.486 e. The highest BCUT2D eigenvalue weighted by Gasteiger charge is 2.18. The minimum absolute atomic E-state index is 0.0978. The molecule has 1 aromatic heterocycles. The van der Waals surface area contributed by atoms with E-state index in [1.54, 1.807) is 34.9 Å². The Morgan fingerprint density at radius 1 is 0.971 bits per heavy atom. The molecule has 0 saturated heterocycles. The first-order valence-electron chi connectivity index (χ1n) is 10.5. The lowest BCUT2D eigenvalue weighted by Gasteiger charge is -2.18. The van der Waals surface area contributed by atoms with Gasteiger partial charge in [-0.25, -0.2) is 0 Å². The third kappa shape index (κ3) is 4.51. The van der Waals surface area contributed by atoms with Crippen LogP contribution in [0.4, 0.5) is 0 Å². The van der Waals surface area contributed by atoms with Crippen molar-refractivity contribution in [2.45, 2.75) is 6.54 Å². The zero-order chi connectivity index (χ0) is 23.5. The van der Waals surface area contributed by atoms with E-state index < -0.39 is 11.9 Å². The zero-order valence-electron chi connectivity index (χ0n) is 18.2. The molecule has 1 aliphatic rings. The number of para-hydroxylation sites is 1. The van der Waals surface area contributed by atoms with E-state index >= 15 is 0 Å². The quantitative estimate of drug-likeness (QED) is 0.402. The first-order valence-corrected chi connectivity index (χ1v) is 11.3. The Hall–Kier alpha value is -4.11. The summed E-state index contributed by atoms with van der Waals surface area (Å²) < 4.78 is 24.5. The minimum atomic E-state index is -0.457. The maximum absolute atomic E-state index is 13.1. The number of thiazole rings is 1. The van der Waals surface area contributed by atoms with Crippen molar-refractivity contribution in [3.63, 3.8) is 0 Å². The Labute approximate surface area is 198 Å². The van der Waals surface area contributed by atoms with Crippen LogP contribution in [0.15, 0.2) is 71.7 Å². The summed E-state index contributed by atoms with van der Waals surface area (Å²) in [4.78, 5) is 29.9. The Balaban J connectivity index is 1.53. The number of hydrogen-bond acceptors (Lipinski definition) is 7. The van der Waals surface area contributed by atoms with Crippen LogP contribution in [-0.4, -0.2) is 36.8 Å². The van der Waals surface area contributed by atoms with Crippen molar-refractivity contribution in [2.75, 3.05) is 20.3 Å². The van der Waals surface area contributed by atoms with Crippen molar-refractivity contribution >= 4 is 33.4 Å². The number of aromatic nitrogens is 1. The molecule has 0 atom stereocenters. The minimum Gasteiger partial charge on any atom is -0.486 e. The molecule has 0 radical (unpaired) electrons. The highest BCUT2D eigenvalue weighted by atomic mass is 32.1. The SMILES string of the molecule is COC(=O)Cn1c(=NC(=O)c2cccc(Oc3ccccc3)c2)sc2cc3c(cc21)OCCO3. The Morgan fingerprint density at radius 2 is 1.71 bits per heavy atom. The molecular weight excluding hydrogens is 456 g/mol. The second kappa shape index (κ2) is 9.40. The first-order chi connectivity index (χ1) is 16.6. The molecule has 172 valence electrons. The van der Waals surface area contributed by atoms with E-state index in [1.165, 1.54) is 18.4 Å². The summed E-state index contributed by atoms with van der Waals surface area (Å²) in [6.07, 6.45) is 0. The maximum atomic E-state index is 13.1. The number of nitrogens with zero attached hydrogens (tertiary/aromatic N) is 2. The smallest absolute Gasteiger partial charge is 0.325 e. The molecule has 8 nitrogen and oxygen atoms in total. The molecule has 4 aromatic rings. The van der Waals surface area contributed by atoms with Gasteiger partial charge in [-0.2, -0.15) is 4.99 Å². The second-order valence-corrected chi connectivity index (χ2v) is 8.38. The molecule has 1 aliphatic heterocycles. The molecule has 0 fully saturated rings. The standard InChI is InChI=1S/C25H20N2O6S/c1-30-23(28)15-27-19-13-20-21(32-11-10-31-20)14-22(19)34-25(27)26-24(29)16-6-5-9-18(12-16)33-17-7-3-2-4-8-17/h2-9,12-14H,10-11,15H2,1H3. The maximum Gasteiger partial charge on any atom is 0.325 e. The second-order valence-electron chi connectivity index (χ2n) is 7.37. The van der Waals surface area contributed by atoms with Crippen molar-refractivity contribution < 1.29 is 28.5 Å². The predicted molar refractivity (Wildman–Crippen MR) is 126 cm³/mol. The molecule has 1 amide bonds. The molecule has 3 aromatic carbocycles. The van der Waals surface area contributed by atoms with Gasteiger partial charge in [-0.05, 0) is 30.3 Å². The van der Waals surface area contributed by atoms with Crippen LogP contribution in [-0.2, 0) is 16.1 Å². The van der Waals surface area contributed by atoms with Crippen molar-refractivity contribution in [3.8, 4) is 23.0 Å². The van der Waals surface area contributed by atoms with Crippen LogP contribution in [0.25, 0.3) is 10.2 Å². The predicted octanol–water partition coefficient (Wildman–Crippen LogP) is 4.18. The van der Waals surface area contributed by atoms with Gasteiger partial charge in [0.25, 0.3) is 5.91 Å². The third-order valence-corrected chi connectivity index (χ3v) is 6.16. The van der Waals surface area contributed by atoms with Crippen LogP contribution in [0.5, 0.6) is 23.0 Å². The molecule has 0 aliphatic carbocycles. The molecule has 0 spiro atoms. The third-order valence-electron chi connectivity index (χ3n) is 5.12. The highest BCUT2D eigenvalue weighted by molar-refractivity contribution is 7.16.